The van der Waals surface area contributed by atoms with E-state index in [1.165, 1.54) is 32.9 Å². The third kappa shape index (κ3) is 17.0. The lowest BCUT2D eigenvalue weighted by molar-refractivity contribution is 0.196. The maximum atomic E-state index is 12.1. The fraction of sp³-hybridized carbons (Fsp3) is 0.304. The summed E-state index contributed by atoms with van der Waals surface area (Å²) in [6, 6.07) is 36.1. The van der Waals surface area contributed by atoms with Crippen LogP contribution in [0.25, 0.3) is 0 Å². The van der Waals surface area contributed by atoms with Crippen LogP contribution in [0.2, 0.25) is 0 Å². The number of phenolic OH excluding ortho intramolecular Hbond substituents is 1. The van der Waals surface area contributed by atoms with Crippen LogP contribution in [-0.2, 0) is 12.8 Å². The van der Waals surface area contributed by atoms with Crippen LogP contribution in [0.4, 0.5) is 9.59 Å². The Bertz CT molecular complexity index is 1980. The molecule has 58 heavy (non-hydrogen) atoms. The molecular weight excluding hydrogens is 729 g/mol. The molecule has 12 heteroatoms. The molecule has 0 saturated heterocycles. The molecule has 0 aliphatic carbocycles. The number of phenols is 1. The van der Waals surface area contributed by atoms with Crippen molar-refractivity contribution in [2.75, 3.05) is 28.2 Å². The highest BCUT2D eigenvalue weighted by Crippen LogP contribution is 2.23. The van der Waals surface area contributed by atoms with Crippen LogP contribution in [-0.4, -0.2) is 86.4 Å². The van der Waals surface area contributed by atoms with E-state index < -0.39 is 6.09 Å². The van der Waals surface area contributed by atoms with E-state index in [0.717, 1.165) is 24.0 Å². The summed E-state index contributed by atoms with van der Waals surface area (Å²) in [5, 5.41) is 12.1. The van der Waals surface area contributed by atoms with E-state index in [1.807, 2.05) is 109 Å². The Morgan fingerprint density at radius 3 is 1.62 bits per heavy atom. The molecule has 6 rings (SSSR count). The summed E-state index contributed by atoms with van der Waals surface area (Å²) in [5.74, 6) is 0.895. The number of rotatable bonds is 10. The molecule has 4 atom stereocenters. The summed E-state index contributed by atoms with van der Waals surface area (Å²) in [5.41, 5.74) is 10.4. The Morgan fingerprint density at radius 1 is 0.690 bits per heavy atom. The zero-order valence-corrected chi connectivity index (χ0v) is 35.0. The molecule has 0 unspecified atom stereocenters. The third-order valence-corrected chi connectivity index (χ3v) is 9.05. The normalized spacial score (nSPS) is 12.6. The number of nitrogens with one attached hydrogen (secondary N) is 1. The number of carbonyl (C=O) groups is 2. The van der Waals surface area contributed by atoms with Crippen LogP contribution < -0.4 is 15.8 Å². The Hall–Kier alpha value is -6.08. The summed E-state index contributed by atoms with van der Waals surface area (Å²) in [4.78, 5) is 35.2. The number of amides is 1. The molecule has 0 aliphatic rings. The third-order valence-electron chi connectivity index (χ3n) is 9.05. The van der Waals surface area contributed by atoms with E-state index in [2.05, 4.69) is 63.2 Å². The second-order valence-electron chi connectivity index (χ2n) is 14.5. The quantitative estimate of drug-likeness (QED) is 0.125. The van der Waals surface area contributed by atoms with Gasteiger partial charge in [-0.25, -0.2) is 19.6 Å². The van der Waals surface area contributed by atoms with E-state index in [1.54, 1.807) is 43.0 Å². The second kappa shape index (κ2) is 24.5. The van der Waals surface area contributed by atoms with Crippen molar-refractivity contribution in [3.8, 4) is 11.5 Å². The summed E-state index contributed by atoms with van der Waals surface area (Å²) in [6.07, 6.45) is 10.5. The van der Waals surface area contributed by atoms with Gasteiger partial charge in [-0.2, -0.15) is 0 Å². The first-order valence-electron chi connectivity index (χ1n) is 19.3. The average Bonchev–Trinajstić information content (AvgIpc) is 3.95. The molecule has 4 aromatic carbocycles. The van der Waals surface area contributed by atoms with Crippen molar-refractivity contribution in [2.45, 2.75) is 64.7 Å². The van der Waals surface area contributed by atoms with Crippen molar-refractivity contribution >= 4 is 12.1 Å². The van der Waals surface area contributed by atoms with Crippen LogP contribution in [0, 0.1) is 0 Å². The van der Waals surface area contributed by atoms with Crippen LogP contribution in [0.5, 0.6) is 11.5 Å². The molecule has 0 aliphatic heterocycles. The first-order chi connectivity index (χ1) is 27.7. The molecule has 2 heterocycles. The molecule has 0 saturated carbocycles. The molecule has 12 nitrogen and oxygen atoms in total. The van der Waals surface area contributed by atoms with Crippen molar-refractivity contribution in [3.63, 3.8) is 0 Å². The molecule has 0 bridgehead atoms. The van der Waals surface area contributed by atoms with Gasteiger partial charge in [0.05, 0.1) is 0 Å². The van der Waals surface area contributed by atoms with E-state index in [0.29, 0.717) is 17.5 Å². The number of hydrogen-bond acceptors (Lipinski definition) is 9. The van der Waals surface area contributed by atoms with Crippen LogP contribution in [0.1, 0.15) is 62.0 Å². The van der Waals surface area contributed by atoms with Gasteiger partial charge in [-0.15, -0.1) is 0 Å². The molecule has 6 aromatic rings. The Labute approximate surface area is 343 Å². The summed E-state index contributed by atoms with van der Waals surface area (Å²) >= 11 is 0. The van der Waals surface area contributed by atoms with Gasteiger partial charge in [0.15, 0.2) is 0 Å². The van der Waals surface area contributed by atoms with Crippen molar-refractivity contribution < 1.29 is 19.4 Å². The number of aromatic hydroxyl groups is 1. The molecule has 2 aromatic heterocycles. The van der Waals surface area contributed by atoms with E-state index in [-0.39, 0.29) is 24.2 Å². The van der Waals surface area contributed by atoms with Gasteiger partial charge in [-0.3, -0.25) is 9.13 Å². The number of nitrogens with zero attached hydrogens (tertiary/aromatic N) is 6. The number of imidazole rings is 2. The molecular formula is C46H60N8O4. The molecule has 0 radical (unpaired) electrons. The summed E-state index contributed by atoms with van der Waals surface area (Å²) < 4.78 is 8.18. The van der Waals surface area contributed by atoms with E-state index in [4.69, 9.17) is 10.5 Å². The van der Waals surface area contributed by atoms with Gasteiger partial charge in [-0.05, 0) is 115 Å². The number of hydrogen-bond donors (Lipinski definition) is 3. The number of carbonyl (C=O) groups excluding carboxylic acids is 2. The minimum absolute atomic E-state index is 0.00350. The Morgan fingerprint density at radius 2 is 1.17 bits per heavy atom. The Kier molecular flexibility index (Phi) is 19.6. The van der Waals surface area contributed by atoms with Gasteiger partial charge in [0.2, 0.25) is 0 Å². The van der Waals surface area contributed by atoms with Gasteiger partial charge in [0.25, 0.3) is 0 Å². The summed E-state index contributed by atoms with van der Waals surface area (Å²) in [6.45, 7) is 8.21. The van der Waals surface area contributed by atoms with Crippen molar-refractivity contribution in [1.82, 2.24) is 34.2 Å². The van der Waals surface area contributed by atoms with Gasteiger partial charge in [-0.1, -0.05) is 84.9 Å². The highest BCUT2D eigenvalue weighted by Gasteiger charge is 2.13. The number of aromatic nitrogens is 4. The molecule has 0 fully saturated rings. The minimum Gasteiger partial charge on any atom is -0.508 e. The molecule has 0 spiro atoms. The molecule has 4 N–H and O–H groups in total. The zero-order chi connectivity index (χ0) is 42.5. The SMILES string of the molecule is C[C@@H](Cc1ccccc1)NC(=O)Oc1cccc([C@H](C)N(C)C)c1.C[C@@H](c1cccc(O)c1)N(C)C.C[C@H](N)Cc1ccccc1.O=C(n1ccnc1)n1ccnc1. The zero-order valence-electron chi connectivity index (χ0n) is 35.0. The monoisotopic (exact) mass is 788 g/mol. The predicted molar refractivity (Wildman–Crippen MR) is 232 cm³/mol. The van der Waals surface area contributed by atoms with Gasteiger partial charge >= 0.3 is 12.1 Å². The molecule has 1 amide bonds. The maximum Gasteiger partial charge on any atom is 0.412 e. The molecule has 308 valence electrons. The van der Waals surface area contributed by atoms with Crippen LogP contribution >= 0.6 is 0 Å². The van der Waals surface area contributed by atoms with Crippen molar-refractivity contribution in [2.24, 2.45) is 5.73 Å². The minimum atomic E-state index is -0.423. The highest BCUT2D eigenvalue weighted by molar-refractivity contribution is 5.78. The maximum absolute atomic E-state index is 12.1. The van der Waals surface area contributed by atoms with E-state index >= 15 is 0 Å². The lowest BCUT2D eigenvalue weighted by Gasteiger charge is -2.20. The summed E-state index contributed by atoms with van der Waals surface area (Å²) in [7, 11) is 8.09. The number of benzene rings is 4. The number of nitrogens with two attached hydrogens (primary N) is 1. The van der Waals surface area contributed by atoms with Crippen molar-refractivity contribution in [1.29, 1.82) is 0 Å². The lowest BCUT2D eigenvalue weighted by atomic mass is 10.1. The standard InChI is InChI=1S/C20H26N2O2.C10H15NO.C9H13N.C7H6N4O/c1-15(13-17-9-6-5-7-10-17)21-20(23)24-19-12-8-11-18(14-19)16(2)22(3)4;1-8(11(2)3)9-5-4-6-10(12)7-9;1-8(10)7-9-5-3-2-4-6-9;12-7(10-3-1-8-5-10)11-4-2-9-6-11/h5-12,14-16H,13H2,1-4H3,(H,21,23);4-8,12H,1-3H3;2-6,8H,7,10H2,1H3;1-6H/t15-,16-;2*8-;/m000./s1. The van der Waals surface area contributed by atoms with Crippen molar-refractivity contribution in [3.05, 3.63) is 169 Å². The van der Waals surface area contributed by atoms with Crippen LogP contribution in [0.15, 0.2) is 147 Å². The van der Waals surface area contributed by atoms with Gasteiger partial charge < -0.3 is 30.7 Å². The predicted octanol–water partition coefficient (Wildman–Crippen LogP) is 8.22. The number of ether oxygens (including phenoxy) is 1. The smallest absolute Gasteiger partial charge is 0.412 e. The van der Waals surface area contributed by atoms with E-state index in [9.17, 15) is 14.7 Å². The van der Waals surface area contributed by atoms with Gasteiger partial charge in [0.1, 0.15) is 24.2 Å². The van der Waals surface area contributed by atoms with Crippen LogP contribution in [0.3, 0.4) is 0 Å². The first-order valence-corrected chi connectivity index (χ1v) is 19.3. The van der Waals surface area contributed by atoms with Gasteiger partial charge in [0, 0.05) is 49.0 Å². The fourth-order valence-corrected chi connectivity index (χ4v) is 5.44. The first kappa shape index (κ1) is 46.3. The average molecular weight is 789 g/mol. The largest absolute Gasteiger partial charge is 0.508 e. The Balaban J connectivity index is 0.000000223. The fourth-order valence-electron chi connectivity index (χ4n) is 5.44. The highest BCUT2D eigenvalue weighted by atomic mass is 16.6. The lowest BCUT2D eigenvalue weighted by Crippen LogP contribution is -2.36. The topological polar surface area (TPSA) is 144 Å². The second-order valence-corrected chi connectivity index (χ2v) is 14.5.